The third-order valence-electron chi connectivity index (χ3n) is 8.11. The fourth-order valence-corrected chi connectivity index (χ4v) is 6.75. The standard InChI is InChI=1S/C37H42ClN3O6S/c1-6-27(3)39-37(43)33(22-28-12-8-7-9-13-28)40(24-29-14-10-11-15-32(29)38)36(42)25-41(30-18-21-34(46-4)35(23-30)47-5)48(44,45)31-19-16-26(2)17-20-31/h7-21,23,27,33H,6,22,24-25H2,1-5H3,(H,39,43)/t27-,33+/m1/s1. The number of hydrogen-bond donors (Lipinski definition) is 1. The predicted molar refractivity (Wildman–Crippen MR) is 189 cm³/mol. The molecule has 0 heterocycles. The first kappa shape index (κ1) is 36.3. The number of benzene rings is 4. The second-order valence-corrected chi connectivity index (χ2v) is 13.8. The molecule has 0 bridgehead atoms. The molecule has 0 spiro atoms. The maximum Gasteiger partial charge on any atom is 0.264 e. The van der Waals surface area contributed by atoms with Gasteiger partial charge >= 0.3 is 0 Å². The fourth-order valence-electron chi connectivity index (χ4n) is 5.15. The van der Waals surface area contributed by atoms with E-state index in [4.69, 9.17) is 21.1 Å². The van der Waals surface area contributed by atoms with E-state index in [1.165, 1.54) is 37.3 Å². The molecule has 2 atom stereocenters. The van der Waals surface area contributed by atoms with Gasteiger partial charge in [-0.05, 0) is 61.7 Å². The lowest BCUT2D eigenvalue weighted by Gasteiger charge is -2.34. The van der Waals surface area contributed by atoms with Gasteiger partial charge in [0.25, 0.3) is 10.0 Å². The third kappa shape index (κ3) is 8.87. The second-order valence-electron chi connectivity index (χ2n) is 11.5. The molecule has 4 rings (SSSR count). The van der Waals surface area contributed by atoms with E-state index < -0.39 is 28.5 Å². The molecule has 0 aliphatic heterocycles. The van der Waals surface area contributed by atoms with Crippen LogP contribution in [0.2, 0.25) is 5.02 Å². The number of sulfonamides is 1. The monoisotopic (exact) mass is 691 g/mol. The van der Waals surface area contributed by atoms with Gasteiger partial charge in [-0.1, -0.05) is 84.8 Å². The Morgan fingerprint density at radius 3 is 2.15 bits per heavy atom. The fraction of sp³-hybridized carbons (Fsp3) is 0.297. The van der Waals surface area contributed by atoms with Crippen LogP contribution in [0.15, 0.2) is 102 Å². The molecule has 0 saturated carbocycles. The van der Waals surface area contributed by atoms with E-state index in [0.717, 1.165) is 15.4 Å². The van der Waals surface area contributed by atoms with Gasteiger partial charge in [0.2, 0.25) is 11.8 Å². The van der Waals surface area contributed by atoms with Crippen molar-refractivity contribution in [2.45, 2.75) is 57.1 Å². The number of nitrogens with zero attached hydrogens (tertiary/aromatic N) is 2. The smallest absolute Gasteiger partial charge is 0.264 e. The average Bonchev–Trinajstić information content (AvgIpc) is 3.09. The van der Waals surface area contributed by atoms with Crippen LogP contribution in [0.4, 0.5) is 5.69 Å². The Morgan fingerprint density at radius 1 is 0.875 bits per heavy atom. The van der Waals surface area contributed by atoms with Gasteiger partial charge in [-0.15, -0.1) is 0 Å². The van der Waals surface area contributed by atoms with Gasteiger partial charge < -0.3 is 19.7 Å². The van der Waals surface area contributed by atoms with Gasteiger partial charge in [0.1, 0.15) is 12.6 Å². The molecule has 9 nitrogen and oxygen atoms in total. The van der Waals surface area contributed by atoms with Crippen molar-refractivity contribution < 1.29 is 27.5 Å². The van der Waals surface area contributed by atoms with E-state index in [-0.39, 0.29) is 41.2 Å². The summed E-state index contributed by atoms with van der Waals surface area (Å²) in [6.07, 6.45) is 0.879. The number of carbonyl (C=O) groups is 2. The first-order valence-electron chi connectivity index (χ1n) is 15.7. The van der Waals surface area contributed by atoms with E-state index in [0.29, 0.717) is 22.8 Å². The molecule has 0 aliphatic carbocycles. The van der Waals surface area contributed by atoms with Crippen LogP contribution in [0.3, 0.4) is 0 Å². The minimum atomic E-state index is -4.29. The van der Waals surface area contributed by atoms with E-state index in [9.17, 15) is 18.0 Å². The lowest BCUT2D eigenvalue weighted by Crippen LogP contribution is -2.54. The van der Waals surface area contributed by atoms with Gasteiger partial charge in [0.15, 0.2) is 11.5 Å². The summed E-state index contributed by atoms with van der Waals surface area (Å²) in [7, 11) is -1.37. The largest absolute Gasteiger partial charge is 0.493 e. The van der Waals surface area contributed by atoms with Crippen molar-refractivity contribution in [2.75, 3.05) is 25.1 Å². The average molecular weight is 692 g/mol. The number of aryl methyl sites for hydroxylation is 1. The van der Waals surface area contributed by atoms with Gasteiger partial charge in [-0.3, -0.25) is 13.9 Å². The van der Waals surface area contributed by atoms with Crippen molar-refractivity contribution in [1.82, 2.24) is 10.2 Å². The van der Waals surface area contributed by atoms with E-state index in [1.54, 1.807) is 48.5 Å². The Kier molecular flexibility index (Phi) is 12.5. The van der Waals surface area contributed by atoms with Crippen molar-refractivity contribution in [1.29, 1.82) is 0 Å². The first-order valence-corrected chi connectivity index (χ1v) is 17.5. The highest BCUT2D eigenvalue weighted by atomic mass is 35.5. The zero-order valence-corrected chi connectivity index (χ0v) is 29.4. The molecule has 0 aliphatic rings. The summed E-state index contributed by atoms with van der Waals surface area (Å²) in [5.74, 6) is -0.270. The number of hydrogen-bond acceptors (Lipinski definition) is 6. The van der Waals surface area contributed by atoms with Gasteiger partial charge in [0, 0.05) is 30.1 Å². The number of amides is 2. The molecule has 0 aromatic heterocycles. The number of methoxy groups -OCH3 is 2. The molecule has 2 amide bonds. The molecule has 11 heteroatoms. The summed E-state index contributed by atoms with van der Waals surface area (Å²) < 4.78 is 40.6. The van der Waals surface area contributed by atoms with Crippen molar-refractivity contribution in [2.24, 2.45) is 0 Å². The SMILES string of the molecule is CC[C@@H](C)NC(=O)[C@H](Cc1ccccc1)N(Cc1ccccc1Cl)C(=O)CN(c1ccc(OC)c(OC)c1)S(=O)(=O)c1ccc(C)cc1. The molecular formula is C37H42ClN3O6S. The number of rotatable bonds is 15. The highest BCUT2D eigenvalue weighted by Gasteiger charge is 2.35. The normalized spacial score (nSPS) is 12.5. The summed E-state index contributed by atoms with van der Waals surface area (Å²) in [4.78, 5) is 30.1. The first-order chi connectivity index (χ1) is 23.0. The van der Waals surface area contributed by atoms with E-state index >= 15 is 0 Å². The van der Waals surface area contributed by atoms with Crippen LogP contribution in [-0.4, -0.2) is 58.0 Å². The molecule has 4 aromatic rings. The topological polar surface area (TPSA) is 105 Å². The van der Waals surface area contributed by atoms with E-state index in [1.807, 2.05) is 51.1 Å². The molecular weight excluding hydrogens is 650 g/mol. The number of anilines is 1. The zero-order valence-electron chi connectivity index (χ0n) is 27.9. The number of carbonyl (C=O) groups excluding carboxylic acids is 2. The molecule has 1 N–H and O–H groups in total. The molecule has 0 unspecified atom stereocenters. The molecule has 48 heavy (non-hydrogen) atoms. The summed E-state index contributed by atoms with van der Waals surface area (Å²) in [5, 5.41) is 3.45. The Morgan fingerprint density at radius 2 is 1.52 bits per heavy atom. The number of ether oxygens (including phenoxy) is 2. The van der Waals surface area contributed by atoms with Crippen LogP contribution in [-0.2, 0) is 32.6 Å². The van der Waals surface area contributed by atoms with Crippen molar-refractivity contribution >= 4 is 39.1 Å². The molecule has 254 valence electrons. The van der Waals surface area contributed by atoms with Crippen molar-refractivity contribution in [3.63, 3.8) is 0 Å². The summed E-state index contributed by atoms with van der Waals surface area (Å²) >= 11 is 6.58. The summed E-state index contributed by atoms with van der Waals surface area (Å²) in [6.45, 7) is 5.06. The highest BCUT2D eigenvalue weighted by Crippen LogP contribution is 2.34. The van der Waals surface area contributed by atoms with Crippen LogP contribution < -0.4 is 19.1 Å². The maximum absolute atomic E-state index is 14.7. The summed E-state index contributed by atoms with van der Waals surface area (Å²) in [5.41, 5.74) is 2.51. The summed E-state index contributed by atoms with van der Waals surface area (Å²) in [6, 6.07) is 26.3. The van der Waals surface area contributed by atoms with Gasteiger partial charge in [-0.2, -0.15) is 0 Å². The van der Waals surface area contributed by atoms with Crippen LogP contribution in [0.1, 0.15) is 37.0 Å². The molecule has 0 fully saturated rings. The quantitative estimate of drug-likeness (QED) is 0.154. The zero-order chi connectivity index (χ0) is 34.8. The Labute approximate surface area is 288 Å². The highest BCUT2D eigenvalue weighted by molar-refractivity contribution is 7.92. The van der Waals surface area contributed by atoms with Crippen LogP contribution >= 0.6 is 11.6 Å². The maximum atomic E-state index is 14.7. The Balaban J connectivity index is 1.86. The van der Waals surface area contributed by atoms with Gasteiger partial charge in [-0.25, -0.2) is 8.42 Å². The Hall–Kier alpha value is -4.54. The number of nitrogens with one attached hydrogen (secondary N) is 1. The molecule has 0 radical (unpaired) electrons. The molecule has 4 aromatic carbocycles. The minimum absolute atomic E-state index is 0.00341. The third-order valence-corrected chi connectivity index (χ3v) is 10.3. The van der Waals surface area contributed by atoms with Crippen molar-refractivity contribution in [3.05, 3.63) is 119 Å². The number of halogens is 1. The van der Waals surface area contributed by atoms with Crippen LogP contribution in [0, 0.1) is 6.92 Å². The minimum Gasteiger partial charge on any atom is -0.493 e. The lowest BCUT2D eigenvalue weighted by molar-refractivity contribution is -0.140. The predicted octanol–water partition coefficient (Wildman–Crippen LogP) is 6.42. The lowest BCUT2D eigenvalue weighted by atomic mass is 10.0. The van der Waals surface area contributed by atoms with Crippen LogP contribution in [0.5, 0.6) is 11.5 Å². The molecule has 0 saturated heterocycles. The Bertz CT molecular complexity index is 1800. The van der Waals surface area contributed by atoms with Crippen molar-refractivity contribution in [3.8, 4) is 11.5 Å². The second kappa shape index (κ2) is 16.5. The van der Waals surface area contributed by atoms with Crippen LogP contribution in [0.25, 0.3) is 0 Å². The van der Waals surface area contributed by atoms with E-state index in [2.05, 4.69) is 5.32 Å². The van der Waals surface area contributed by atoms with Gasteiger partial charge in [0.05, 0.1) is 24.8 Å².